The molecule has 2 N–H and O–H groups in total. The molecule has 0 unspecified atom stereocenters. The molecule has 0 aromatic heterocycles. The highest BCUT2D eigenvalue weighted by Crippen LogP contribution is 2.27. The first kappa shape index (κ1) is 11.2. The van der Waals surface area contributed by atoms with E-state index in [9.17, 15) is 4.79 Å². The van der Waals surface area contributed by atoms with Gasteiger partial charge in [0.1, 0.15) is 0 Å². The smallest absolute Gasteiger partial charge is 0.328 e. The zero-order valence-corrected chi connectivity index (χ0v) is 8.39. The second-order valence-corrected chi connectivity index (χ2v) is 3.95. The van der Waals surface area contributed by atoms with E-state index in [0.717, 1.165) is 25.5 Å². The number of carbonyl (C=O) groups is 1. The number of aliphatic hydroxyl groups excluding tert-OH is 1. The monoisotopic (exact) mass is 199 g/mol. The van der Waals surface area contributed by atoms with Gasteiger partial charge in [-0.2, -0.15) is 0 Å². The topological polar surface area (TPSA) is 60.8 Å². The van der Waals surface area contributed by atoms with Gasteiger partial charge in [0.25, 0.3) is 0 Å². The minimum atomic E-state index is -0.905. The molecule has 0 aliphatic heterocycles. The third kappa shape index (κ3) is 3.89. The van der Waals surface area contributed by atoms with Gasteiger partial charge in [0, 0.05) is 19.2 Å². The van der Waals surface area contributed by atoms with Crippen LogP contribution in [0.15, 0.2) is 12.2 Å². The van der Waals surface area contributed by atoms with Gasteiger partial charge in [-0.3, -0.25) is 0 Å². The minimum Gasteiger partial charge on any atom is -0.478 e. The number of carboxylic acids is 1. The molecule has 0 amide bonds. The fourth-order valence-corrected chi connectivity index (χ4v) is 1.70. The van der Waals surface area contributed by atoms with Crippen LogP contribution in [0.25, 0.3) is 0 Å². The molecule has 0 heterocycles. The second kappa shape index (κ2) is 5.12. The molecule has 0 aromatic carbocycles. The van der Waals surface area contributed by atoms with Crippen LogP contribution in [0.3, 0.4) is 0 Å². The Kier molecular flexibility index (Phi) is 4.10. The number of rotatable bonds is 5. The van der Waals surface area contributed by atoms with E-state index in [1.807, 2.05) is 7.05 Å². The zero-order valence-electron chi connectivity index (χ0n) is 8.39. The lowest BCUT2D eigenvalue weighted by Crippen LogP contribution is -2.37. The Hall–Kier alpha value is -0.870. The number of likely N-dealkylation sites (N-methyl/N-ethyl adjacent to an activating group) is 1. The molecular formula is C10H17NO3. The summed E-state index contributed by atoms with van der Waals surface area (Å²) in [6.07, 6.45) is 4.45. The number of aliphatic carboxylic acids is 1. The van der Waals surface area contributed by atoms with Gasteiger partial charge in [0.2, 0.25) is 0 Å². The van der Waals surface area contributed by atoms with Gasteiger partial charge < -0.3 is 15.1 Å². The molecule has 1 rings (SSSR count). The maximum atomic E-state index is 10.2. The number of hydrogen-bond donors (Lipinski definition) is 2. The predicted octanol–water partition coefficient (Wildman–Crippen LogP) is 0.330. The van der Waals surface area contributed by atoms with Gasteiger partial charge in [0.15, 0.2) is 0 Å². The molecule has 1 saturated carbocycles. The van der Waals surface area contributed by atoms with Crippen molar-refractivity contribution in [1.29, 1.82) is 0 Å². The van der Waals surface area contributed by atoms with Gasteiger partial charge in [0.05, 0.1) is 6.10 Å². The molecule has 4 nitrogen and oxygen atoms in total. The Bertz CT molecular complexity index is 221. The van der Waals surface area contributed by atoms with Crippen molar-refractivity contribution in [3.05, 3.63) is 12.2 Å². The van der Waals surface area contributed by atoms with E-state index in [4.69, 9.17) is 10.2 Å². The van der Waals surface area contributed by atoms with E-state index in [2.05, 4.69) is 4.90 Å². The molecule has 1 aliphatic rings. The van der Waals surface area contributed by atoms with Crippen molar-refractivity contribution in [2.24, 2.45) is 5.92 Å². The van der Waals surface area contributed by atoms with Crippen molar-refractivity contribution in [3.8, 4) is 0 Å². The summed E-state index contributed by atoms with van der Waals surface area (Å²) in [5.41, 5.74) is 0. The van der Waals surface area contributed by atoms with Gasteiger partial charge in [-0.15, -0.1) is 0 Å². The largest absolute Gasteiger partial charge is 0.478 e. The minimum absolute atomic E-state index is 0.108. The molecule has 0 saturated heterocycles. The van der Waals surface area contributed by atoms with Crippen LogP contribution in [0.5, 0.6) is 0 Å². The standard InChI is InChI=1S/C10H17NO3/c1-11(4-2-3-10(13)14)7-8-5-9(12)6-8/h2-3,8-9,12H,4-7H2,1H3,(H,13,14)/b3-2+. The third-order valence-electron chi connectivity index (χ3n) is 2.46. The molecule has 0 atom stereocenters. The summed E-state index contributed by atoms with van der Waals surface area (Å²) >= 11 is 0. The molecule has 0 bridgehead atoms. The summed E-state index contributed by atoms with van der Waals surface area (Å²) in [4.78, 5) is 12.2. The van der Waals surface area contributed by atoms with Gasteiger partial charge in [-0.05, 0) is 25.8 Å². The normalized spacial score (nSPS) is 26.8. The SMILES string of the molecule is CN(C/C=C/C(=O)O)CC1CC(O)C1. The van der Waals surface area contributed by atoms with Gasteiger partial charge >= 0.3 is 5.97 Å². The molecule has 4 heteroatoms. The molecule has 1 aliphatic carbocycles. The summed E-state index contributed by atoms with van der Waals surface area (Å²) in [7, 11) is 1.96. The number of hydrogen-bond acceptors (Lipinski definition) is 3. The summed E-state index contributed by atoms with van der Waals surface area (Å²) in [6.45, 7) is 1.58. The third-order valence-corrected chi connectivity index (χ3v) is 2.46. The van der Waals surface area contributed by atoms with Crippen molar-refractivity contribution in [3.63, 3.8) is 0 Å². The number of carboxylic acid groups (broad SMARTS) is 1. The predicted molar refractivity (Wildman–Crippen MR) is 53.0 cm³/mol. The van der Waals surface area contributed by atoms with Crippen molar-refractivity contribution in [2.45, 2.75) is 18.9 Å². The Morgan fingerprint density at radius 3 is 2.71 bits per heavy atom. The average Bonchev–Trinajstić information content (AvgIpc) is 2.00. The highest BCUT2D eigenvalue weighted by molar-refractivity contribution is 5.79. The summed E-state index contributed by atoms with van der Waals surface area (Å²) in [6, 6.07) is 0. The molecule has 14 heavy (non-hydrogen) atoms. The second-order valence-electron chi connectivity index (χ2n) is 3.95. The first-order valence-electron chi connectivity index (χ1n) is 4.84. The number of aliphatic hydroxyl groups is 1. The number of nitrogens with zero attached hydrogens (tertiary/aromatic N) is 1. The average molecular weight is 199 g/mol. The highest BCUT2D eigenvalue weighted by Gasteiger charge is 2.27. The Morgan fingerprint density at radius 2 is 2.21 bits per heavy atom. The van der Waals surface area contributed by atoms with E-state index in [-0.39, 0.29) is 6.10 Å². The van der Waals surface area contributed by atoms with Crippen LogP contribution >= 0.6 is 0 Å². The van der Waals surface area contributed by atoms with Gasteiger partial charge in [-0.1, -0.05) is 6.08 Å². The van der Waals surface area contributed by atoms with Crippen molar-refractivity contribution in [2.75, 3.05) is 20.1 Å². The van der Waals surface area contributed by atoms with Gasteiger partial charge in [-0.25, -0.2) is 4.79 Å². The van der Waals surface area contributed by atoms with Crippen LogP contribution in [-0.2, 0) is 4.79 Å². The zero-order chi connectivity index (χ0) is 10.6. The van der Waals surface area contributed by atoms with E-state index < -0.39 is 5.97 Å². The summed E-state index contributed by atoms with van der Waals surface area (Å²) < 4.78 is 0. The van der Waals surface area contributed by atoms with Crippen LogP contribution in [0, 0.1) is 5.92 Å². The maximum Gasteiger partial charge on any atom is 0.328 e. The van der Waals surface area contributed by atoms with E-state index >= 15 is 0 Å². The molecule has 0 radical (unpaired) electrons. The summed E-state index contributed by atoms with van der Waals surface area (Å²) in [5.74, 6) is -0.328. The van der Waals surface area contributed by atoms with Crippen LogP contribution in [-0.4, -0.2) is 47.3 Å². The highest BCUT2D eigenvalue weighted by atomic mass is 16.4. The lowest BCUT2D eigenvalue weighted by molar-refractivity contribution is -0.131. The lowest BCUT2D eigenvalue weighted by Gasteiger charge is -2.34. The van der Waals surface area contributed by atoms with Crippen molar-refractivity contribution >= 4 is 5.97 Å². The van der Waals surface area contributed by atoms with Crippen LogP contribution in [0.4, 0.5) is 0 Å². The van der Waals surface area contributed by atoms with Crippen LogP contribution < -0.4 is 0 Å². The fourth-order valence-electron chi connectivity index (χ4n) is 1.70. The Labute approximate surface area is 83.8 Å². The fraction of sp³-hybridized carbons (Fsp3) is 0.700. The molecule has 80 valence electrons. The van der Waals surface area contributed by atoms with E-state index in [1.165, 1.54) is 0 Å². The Morgan fingerprint density at radius 1 is 1.57 bits per heavy atom. The van der Waals surface area contributed by atoms with E-state index in [1.54, 1.807) is 6.08 Å². The maximum absolute atomic E-state index is 10.2. The lowest BCUT2D eigenvalue weighted by atomic mass is 9.82. The first-order valence-corrected chi connectivity index (χ1v) is 4.84. The van der Waals surface area contributed by atoms with Crippen molar-refractivity contribution in [1.82, 2.24) is 4.90 Å². The molecule has 1 fully saturated rings. The molecular weight excluding hydrogens is 182 g/mol. The van der Waals surface area contributed by atoms with E-state index in [0.29, 0.717) is 12.5 Å². The van der Waals surface area contributed by atoms with Crippen LogP contribution in [0.1, 0.15) is 12.8 Å². The summed E-state index contributed by atoms with van der Waals surface area (Å²) in [5, 5.41) is 17.4. The molecule has 0 aromatic rings. The quantitative estimate of drug-likeness (QED) is 0.626. The first-order chi connectivity index (χ1) is 6.58. The van der Waals surface area contributed by atoms with Crippen molar-refractivity contribution < 1.29 is 15.0 Å². The van der Waals surface area contributed by atoms with Crippen LogP contribution in [0.2, 0.25) is 0 Å². The molecule has 0 spiro atoms. The Balaban J connectivity index is 2.10.